The zero-order valence-electron chi connectivity index (χ0n) is 8.73. The smallest absolute Gasteiger partial charge is 0.338 e. The molecule has 0 saturated heterocycles. The van der Waals surface area contributed by atoms with Crippen LogP contribution in [0.15, 0.2) is 16.7 Å². The van der Waals surface area contributed by atoms with Gasteiger partial charge in [-0.15, -0.1) is 0 Å². The fourth-order valence-corrected chi connectivity index (χ4v) is 1.45. The number of nitrogens with one attached hydrogen (secondary N) is 1. The van der Waals surface area contributed by atoms with E-state index in [0.29, 0.717) is 6.54 Å². The third kappa shape index (κ3) is 2.62. The minimum absolute atomic E-state index is 0.00709. The van der Waals surface area contributed by atoms with Gasteiger partial charge < -0.3 is 14.8 Å². The standard InChI is InChI=1S/C11H13NO4/c13-10(12-4-3-7-1-2-7)9-5-8(6-16-9)11(14)15/h5-7H,1-4H2,(H,12,13)(H,14,15). The van der Waals surface area contributed by atoms with Crippen molar-refractivity contribution in [3.63, 3.8) is 0 Å². The number of carboxylic acid groups (broad SMARTS) is 1. The van der Waals surface area contributed by atoms with E-state index in [1.54, 1.807) is 0 Å². The molecule has 16 heavy (non-hydrogen) atoms. The van der Waals surface area contributed by atoms with Crippen LogP contribution >= 0.6 is 0 Å². The number of hydrogen-bond acceptors (Lipinski definition) is 3. The largest absolute Gasteiger partial charge is 0.478 e. The Morgan fingerprint density at radius 1 is 1.50 bits per heavy atom. The van der Waals surface area contributed by atoms with Crippen molar-refractivity contribution >= 4 is 11.9 Å². The Hall–Kier alpha value is -1.78. The lowest BCUT2D eigenvalue weighted by atomic mass is 10.3. The molecule has 1 fully saturated rings. The molecule has 0 unspecified atom stereocenters. The van der Waals surface area contributed by atoms with E-state index in [1.165, 1.54) is 18.9 Å². The van der Waals surface area contributed by atoms with Crippen LogP contribution in [-0.2, 0) is 0 Å². The van der Waals surface area contributed by atoms with Gasteiger partial charge in [0.15, 0.2) is 5.76 Å². The van der Waals surface area contributed by atoms with Crippen LogP contribution in [-0.4, -0.2) is 23.5 Å². The summed E-state index contributed by atoms with van der Waals surface area (Å²) in [6.45, 7) is 0.618. The molecule has 1 saturated carbocycles. The van der Waals surface area contributed by atoms with Gasteiger partial charge in [0, 0.05) is 12.6 Å². The Labute approximate surface area is 92.4 Å². The van der Waals surface area contributed by atoms with Gasteiger partial charge in [-0.05, 0) is 12.3 Å². The molecule has 5 nitrogen and oxygen atoms in total. The SMILES string of the molecule is O=C(O)c1coc(C(=O)NCCC2CC2)c1. The summed E-state index contributed by atoms with van der Waals surface area (Å²) >= 11 is 0. The van der Waals surface area contributed by atoms with Crippen molar-refractivity contribution < 1.29 is 19.1 Å². The molecule has 0 atom stereocenters. The van der Waals surface area contributed by atoms with Crippen molar-refractivity contribution in [1.82, 2.24) is 5.32 Å². The van der Waals surface area contributed by atoms with Gasteiger partial charge in [-0.1, -0.05) is 12.8 Å². The summed E-state index contributed by atoms with van der Waals surface area (Å²) in [6, 6.07) is 1.23. The highest BCUT2D eigenvalue weighted by atomic mass is 16.4. The van der Waals surface area contributed by atoms with Gasteiger partial charge in [0.2, 0.25) is 0 Å². The van der Waals surface area contributed by atoms with E-state index in [1.807, 2.05) is 0 Å². The van der Waals surface area contributed by atoms with Crippen LogP contribution < -0.4 is 5.32 Å². The summed E-state index contributed by atoms with van der Waals surface area (Å²) in [5.41, 5.74) is -0.00709. The van der Waals surface area contributed by atoms with Gasteiger partial charge >= 0.3 is 5.97 Å². The van der Waals surface area contributed by atoms with Gasteiger partial charge in [-0.3, -0.25) is 4.79 Å². The second-order valence-corrected chi connectivity index (χ2v) is 3.99. The van der Waals surface area contributed by atoms with Crippen LogP contribution in [0.2, 0.25) is 0 Å². The van der Waals surface area contributed by atoms with Crippen LogP contribution in [0.25, 0.3) is 0 Å². The average molecular weight is 223 g/mol. The molecular formula is C11H13NO4. The quantitative estimate of drug-likeness (QED) is 0.792. The van der Waals surface area contributed by atoms with Crippen molar-refractivity contribution in [1.29, 1.82) is 0 Å². The Kier molecular flexibility index (Phi) is 2.94. The van der Waals surface area contributed by atoms with Crippen molar-refractivity contribution in [3.05, 3.63) is 23.7 Å². The fourth-order valence-electron chi connectivity index (χ4n) is 1.45. The highest BCUT2D eigenvalue weighted by molar-refractivity contribution is 5.95. The molecule has 0 bridgehead atoms. The third-order valence-corrected chi connectivity index (χ3v) is 2.61. The lowest BCUT2D eigenvalue weighted by molar-refractivity contribution is 0.0696. The van der Waals surface area contributed by atoms with Gasteiger partial charge in [0.1, 0.15) is 6.26 Å². The van der Waals surface area contributed by atoms with Crippen LogP contribution in [0.5, 0.6) is 0 Å². The Morgan fingerprint density at radius 3 is 2.81 bits per heavy atom. The fraction of sp³-hybridized carbons (Fsp3) is 0.455. The lowest BCUT2D eigenvalue weighted by Crippen LogP contribution is -2.24. The van der Waals surface area contributed by atoms with Gasteiger partial charge in [-0.25, -0.2) is 4.79 Å². The molecule has 1 aliphatic carbocycles. The maximum Gasteiger partial charge on any atom is 0.338 e. The number of carboxylic acids is 1. The van der Waals surface area contributed by atoms with Crippen LogP contribution in [0.4, 0.5) is 0 Å². The number of hydrogen-bond donors (Lipinski definition) is 2. The molecule has 1 aromatic heterocycles. The molecule has 86 valence electrons. The maximum atomic E-state index is 11.5. The zero-order valence-corrected chi connectivity index (χ0v) is 8.73. The van der Waals surface area contributed by atoms with Crippen molar-refractivity contribution in [3.8, 4) is 0 Å². The van der Waals surface area contributed by atoms with E-state index in [-0.39, 0.29) is 17.2 Å². The Bertz CT molecular complexity index is 406. The van der Waals surface area contributed by atoms with Crippen LogP contribution in [0.1, 0.15) is 40.2 Å². The molecule has 1 heterocycles. The first-order valence-electron chi connectivity index (χ1n) is 5.27. The first-order valence-corrected chi connectivity index (χ1v) is 5.27. The van der Waals surface area contributed by atoms with Crippen LogP contribution in [0.3, 0.4) is 0 Å². The molecule has 1 aromatic rings. The Balaban J connectivity index is 1.84. The summed E-state index contributed by atoms with van der Waals surface area (Å²) in [5.74, 6) is -0.645. The van der Waals surface area contributed by atoms with E-state index in [0.717, 1.165) is 18.6 Å². The molecule has 0 radical (unpaired) electrons. The number of carbonyl (C=O) groups excluding carboxylic acids is 1. The summed E-state index contributed by atoms with van der Waals surface area (Å²) in [6.07, 6.45) is 4.55. The second-order valence-electron chi connectivity index (χ2n) is 3.99. The third-order valence-electron chi connectivity index (χ3n) is 2.61. The van der Waals surface area contributed by atoms with Crippen molar-refractivity contribution in [2.24, 2.45) is 5.92 Å². The van der Waals surface area contributed by atoms with E-state index in [4.69, 9.17) is 9.52 Å². The summed E-state index contributed by atoms with van der Waals surface area (Å²) in [7, 11) is 0. The molecule has 1 aliphatic rings. The summed E-state index contributed by atoms with van der Waals surface area (Å²) < 4.78 is 4.87. The molecule has 0 aromatic carbocycles. The van der Waals surface area contributed by atoms with Crippen LogP contribution in [0, 0.1) is 5.92 Å². The maximum absolute atomic E-state index is 11.5. The lowest BCUT2D eigenvalue weighted by Gasteiger charge is -2.00. The number of rotatable bonds is 5. The monoisotopic (exact) mass is 223 g/mol. The van der Waals surface area contributed by atoms with Gasteiger partial charge in [-0.2, -0.15) is 0 Å². The topological polar surface area (TPSA) is 79.5 Å². The van der Waals surface area contributed by atoms with Gasteiger partial charge in [0.25, 0.3) is 5.91 Å². The number of amides is 1. The normalized spacial score (nSPS) is 14.8. The molecule has 0 spiro atoms. The molecule has 2 N–H and O–H groups in total. The molecule has 1 amide bonds. The molecule has 2 rings (SSSR count). The second kappa shape index (κ2) is 4.38. The van der Waals surface area contributed by atoms with E-state index < -0.39 is 5.97 Å². The summed E-state index contributed by atoms with van der Waals surface area (Å²) in [4.78, 5) is 22.0. The number of furan rings is 1. The highest BCUT2D eigenvalue weighted by Crippen LogP contribution is 2.31. The van der Waals surface area contributed by atoms with E-state index in [9.17, 15) is 9.59 Å². The van der Waals surface area contributed by atoms with E-state index >= 15 is 0 Å². The van der Waals surface area contributed by atoms with Gasteiger partial charge in [0.05, 0.1) is 5.56 Å². The Morgan fingerprint density at radius 2 is 2.25 bits per heavy atom. The predicted octanol–water partition coefficient (Wildman–Crippen LogP) is 1.51. The molecule has 0 aliphatic heterocycles. The minimum Gasteiger partial charge on any atom is -0.478 e. The minimum atomic E-state index is -1.10. The predicted molar refractivity (Wildman–Crippen MR) is 55.3 cm³/mol. The first-order chi connectivity index (χ1) is 7.66. The van der Waals surface area contributed by atoms with Crippen molar-refractivity contribution in [2.45, 2.75) is 19.3 Å². The van der Waals surface area contributed by atoms with Crippen molar-refractivity contribution in [2.75, 3.05) is 6.54 Å². The first kappa shape index (κ1) is 10.7. The number of aromatic carboxylic acids is 1. The molecular weight excluding hydrogens is 210 g/mol. The zero-order chi connectivity index (χ0) is 11.5. The highest BCUT2D eigenvalue weighted by Gasteiger charge is 2.21. The summed E-state index contributed by atoms with van der Waals surface area (Å²) in [5, 5.41) is 11.3. The molecule has 5 heteroatoms. The average Bonchev–Trinajstić information content (AvgIpc) is 2.93. The van der Waals surface area contributed by atoms with E-state index in [2.05, 4.69) is 5.32 Å². The number of carbonyl (C=O) groups is 2.